The van der Waals surface area contributed by atoms with Crippen LogP contribution in [0.1, 0.15) is 50.8 Å². The first-order valence-electron chi connectivity index (χ1n) is 11.4. The lowest BCUT2D eigenvalue weighted by atomic mass is 9.87. The van der Waals surface area contributed by atoms with Crippen molar-refractivity contribution in [3.05, 3.63) is 65.2 Å². The molecule has 8 heteroatoms. The van der Waals surface area contributed by atoms with Gasteiger partial charge in [-0.15, -0.1) is 0 Å². The van der Waals surface area contributed by atoms with Crippen molar-refractivity contribution in [2.75, 3.05) is 24.2 Å². The van der Waals surface area contributed by atoms with Gasteiger partial charge in [0.2, 0.25) is 21.8 Å². The number of nitrogens with one attached hydrogen (secondary N) is 1. The van der Waals surface area contributed by atoms with Gasteiger partial charge in [-0.05, 0) is 47.6 Å². The van der Waals surface area contributed by atoms with Crippen LogP contribution in [-0.2, 0) is 31.6 Å². The zero-order valence-electron chi connectivity index (χ0n) is 21.3. The second-order valence-electron chi connectivity index (χ2n) is 9.55. The van der Waals surface area contributed by atoms with Crippen molar-refractivity contribution in [1.29, 1.82) is 0 Å². The van der Waals surface area contributed by atoms with Crippen LogP contribution in [-0.4, -0.2) is 51.0 Å². The maximum absolute atomic E-state index is 13.6. The molecule has 0 saturated carbocycles. The Hall–Kier alpha value is -2.87. The molecule has 1 atom stereocenters. The predicted octanol–water partition coefficient (Wildman–Crippen LogP) is 3.61. The molecule has 0 aliphatic rings. The SMILES string of the molecule is CC[C@@H](C(=O)NC)N(Cc1ccccc1C)C(=O)CN(c1ccc(C(C)(C)C)cc1)S(C)(=O)=O. The number of rotatable bonds is 9. The molecular weight excluding hydrogens is 450 g/mol. The molecule has 0 aliphatic heterocycles. The Bertz CT molecular complexity index is 1110. The minimum atomic E-state index is -3.75. The number of hydrogen-bond donors (Lipinski definition) is 1. The number of anilines is 1. The van der Waals surface area contributed by atoms with Crippen molar-refractivity contribution >= 4 is 27.5 Å². The average molecular weight is 488 g/mol. The number of amides is 2. The number of nitrogens with zero attached hydrogens (tertiary/aromatic N) is 2. The van der Waals surface area contributed by atoms with Crippen LogP contribution >= 0.6 is 0 Å². The molecule has 0 aliphatic carbocycles. The number of hydrogen-bond acceptors (Lipinski definition) is 4. The lowest BCUT2D eigenvalue weighted by Gasteiger charge is -2.33. The van der Waals surface area contributed by atoms with E-state index in [1.165, 1.54) is 11.9 Å². The van der Waals surface area contributed by atoms with Crippen LogP contribution in [0.3, 0.4) is 0 Å². The summed E-state index contributed by atoms with van der Waals surface area (Å²) in [5.41, 5.74) is 3.27. The number of carbonyl (C=O) groups excluding carboxylic acids is 2. The molecule has 0 bridgehead atoms. The summed E-state index contributed by atoms with van der Waals surface area (Å²) in [7, 11) is -2.22. The highest BCUT2D eigenvalue weighted by atomic mass is 32.2. The Morgan fingerprint density at radius 3 is 2.09 bits per heavy atom. The minimum Gasteiger partial charge on any atom is -0.357 e. The fourth-order valence-electron chi connectivity index (χ4n) is 3.80. The van der Waals surface area contributed by atoms with E-state index in [0.717, 1.165) is 27.3 Å². The Morgan fingerprint density at radius 1 is 1.03 bits per heavy atom. The second kappa shape index (κ2) is 11.0. The van der Waals surface area contributed by atoms with E-state index < -0.39 is 28.5 Å². The quantitative estimate of drug-likeness (QED) is 0.585. The van der Waals surface area contributed by atoms with Crippen LogP contribution in [0.2, 0.25) is 0 Å². The first kappa shape index (κ1) is 27.4. The van der Waals surface area contributed by atoms with Crippen LogP contribution < -0.4 is 9.62 Å². The predicted molar refractivity (Wildman–Crippen MR) is 137 cm³/mol. The number of sulfonamides is 1. The van der Waals surface area contributed by atoms with Gasteiger partial charge in [-0.3, -0.25) is 13.9 Å². The fourth-order valence-corrected chi connectivity index (χ4v) is 4.65. The molecule has 1 N–H and O–H groups in total. The van der Waals surface area contributed by atoms with E-state index >= 15 is 0 Å². The molecule has 186 valence electrons. The first-order valence-corrected chi connectivity index (χ1v) is 13.3. The summed E-state index contributed by atoms with van der Waals surface area (Å²) in [6.45, 7) is 9.81. The van der Waals surface area contributed by atoms with Gasteiger partial charge in [-0.25, -0.2) is 8.42 Å². The van der Waals surface area contributed by atoms with Crippen molar-refractivity contribution in [2.24, 2.45) is 0 Å². The topological polar surface area (TPSA) is 86.8 Å². The lowest BCUT2D eigenvalue weighted by Crippen LogP contribution is -2.51. The van der Waals surface area contributed by atoms with E-state index in [4.69, 9.17) is 0 Å². The highest BCUT2D eigenvalue weighted by Gasteiger charge is 2.31. The number of carbonyl (C=O) groups is 2. The highest BCUT2D eigenvalue weighted by molar-refractivity contribution is 7.92. The normalized spacial score (nSPS) is 12.7. The largest absolute Gasteiger partial charge is 0.357 e. The monoisotopic (exact) mass is 487 g/mol. The van der Waals surface area contributed by atoms with Gasteiger partial charge in [0, 0.05) is 13.6 Å². The molecule has 0 fully saturated rings. The van der Waals surface area contributed by atoms with Crippen LogP contribution in [0.25, 0.3) is 0 Å². The third kappa shape index (κ3) is 6.82. The first-order chi connectivity index (χ1) is 15.8. The Kier molecular flexibility index (Phi) is 8.89. The van der Waals surface area contributed by atoms with Crippen molar-refractivity contribution in [3.8, 4) is 0 Å². The maximum atomic E-state index is 13.6. The van der Waals surface area contributed by atoms with Crippen LogP contribution in [0, 0.1) is 6.92 Å². The number of likely N-dealkylation sites (N-methyl/N-ethyl adjacent to an activating group) is 1. The smallest absolute Gasteiger partial charge is 0.244 e. The molecule has 7 nitrogen and oxygen atoms in total. The maximum Gasteiger partial charge on any atom is 0.244 e. The van der Waals surface area contributed by atoms with Crippen molar-refractivity contribution < 1.29 is 18.0 Å². The highest BCUT2D eigenvalue weighted by Crippen LogP contribution is 2.26. The van der Waals surface area contributed by atoms with Crippen LogP contribution in [0.4, 0.5) is 5.69 Å². The minimum absolute atomic E-state index is 0.0868. The van der Waals surface area contributed by atoms with Crippen LogP contribution in [0.15, 0.2) is 48.5 Å². The second-order valence-corrected chi connectivity index (χ2v) is 11.5. The summed E-state index contributed by atoms with van der Waals surface area (Å²) >= 11 is 0. The Labute approximate surface area is 204 Å². The van der Waals surface area contributed by atoms with Gasteiger partial charge in [-0.1, -0.05) is 64.1 Å². The Morgan fingerprint density at radius 2 is 1.62 bits per heavy atom. The molecule has 0 aromatic heterocycles. The molecule has 0 spiro atoms. The van der Waals surface area contributed by atoms with Gasteiger partial charge in [-0.2, -0.15) is 0 Å². The summed E-state index contributed by atoms with van der Waals surface area (Å²) in [6, 6.07) is 14.1. The van der Waals surface area contributed by atoms with Gasteiger partial charge in [0.05, 0.1) is 11.9 Å². The summed E-state index contributed by atoms with van der Waals surface area (Å²) in [5, 5.41) is 2.62. The van der Waals surface area contributed by atoms with Crippen molar-refractivity contribution in [2.45, 2.75) is 59.0 Å². The number of aryl methyl sites for hydroxylation is 1. The summed E-state index contributed by atoms with van der Waals surface area (Å²) in [5.74, 6) is -0.728. The van der Waals surface area contributed by atoms with E-state index in [2.05, 4.69) is 26.1 Å². The number of benzene rings is 2. The zero-order chi connectivity index (χ0) is 25.7. The average Bonchev–Trinajstić information content (AvgIpc) is 2.76. The van der Waals surface area contributed by atoms with Crippen molar-refractivity contribution in [1.82, 2.24) is 10.2 Å². The molecule has 0 saturated heterocycles. The molecular formula is C26H37N3O4S. The molecule has 2 aromatic rings. The van der Waals surface area contributed by atoms with Gasteiger partial charge < -0.3 is 10.2 Å². The fraction of sp³-hybridized carbons (Fsp3) is 0.462. The molecule has 0 heterocycles. The summed E-state index contributed by atoms with van der Waals surface area (Å²) < 4.78 is 26.5. The molecule has 34 heavy (non-hydrogen) atoms. The van der Waals surface area contributed by atoms with Gasteiger partial charge >= 0.3 is 0 Å². The van der Waals surface area contributed by atoms with Gasteiger partial charge in [0.15, 0.2) is 0 Å². The van der Waals surface area contributed by atoms with E-state index in [1.54, 1.807) is 12.1 Å². The third-order valence-corrected chi connectivity index (χ3v) is 7.08. The van der Waals surface area contributed by atoms with E-state index in [0.29, 0.717) is 12.1 Å². The molecule has 2 amide bonds. The van der Waals surface area contributed by atoms with E-state index in [9.17, 15) is 18.0 Å². The molecule has 2 aromatic carbocycles. The zero-order valence-corrected chi connectivity index (χ0v) is 22.1. The van der Waals surface area contributed by atoms with E-state index in [-0.39, 0.29) is 17.9 Å². The summed E-state index contributed by atoms with van der Waals surface area (Å²) in [4.78, 5) is 27.7. The molecule has 0 unspecified atom stereocenters. The molecule has 2 rings (SSSR count). The van der Waals surface area contributed by atoms with Crippen LogP contribution in [0.5, 0.6) is 0 Å². The standard InChI is InChI=1S/C26H37N3O4S/c1-8-23(25(31)27-6)28(17-20-12-10-9-11-19(20)2)24(30)18-29(34(7,32)33)22-15-13-21(14-16-22)26(3,4)5/h9-16,23H,8,17-18H2,1-7H3,(H,27,31)/t23-/m0/s1. The van der Waals surface area contributed by atoms with Gasteiger partial charge in [0.25, 0.3) is 0 Å². The molecule has 0 radical (unpaired) electrons. The van der Waals surface area contributed by atoms with E-state index in [1.807, 2.05) is 50.2 Å². The van der Waals surface area contributed by atoms with Gasteiger partial charge in [0.1, 0.15) is 12.6 Å². The summed E-state index contributed by atoms with van der Waals surface area (Å²) in [6.07, 6.45) is 1.48. The lowest BCUT2D eigenvalue weighted by molar-refractivity contribution is -0.140. The Balaban J connectivity index is 2.44. The third-order valence-electron chi connectivity index (χ3n) is 5.93. The van der Waals surface area contributed by atoms with Crippen molar-refractivity contribution in [3.63, 3.8) is 0 Å².